The largest absolute Gasteiger partial charge is 0.349 e. The Labute approximate surface area is 85.8 Å². The second-order valence-corrected chi connectivity index (χ2v) is 3.66. The molecule has 0 saturated heterocycles. The molecule has 0 amide bonds. The highest BCUT2D eigenvalue weighted by Crippen LogP contribution is 2.06. The van der Waals surface area contributed by atoms with Crippen LogP contribution in [0.5, 0.6) is 0 Å². The Morgan fingerprint density at radius 1 is 1.57 bits per heavy atom. The monoisotopic (exact) mass is 209 g/mol. The summed E-state index contributed by atoms with van der Waals surface area (Å²) in [5.74, 6) is 1.55. The summed E-state index contributed by atoms with van der Waals surface area (Å²) in [5, 5.41) is 9.32. The maximum Gasteiger partial charge on any atom is 0.221 e. The van der Waals surface area contributed by atoms with Gasteiger partial charge in [0, 0.05) is 12.4 Å². The Morgan fingerprint density at radius 2 is 2.43 bits per heavy atom. The molecule has 0 atom stereocenters. The van der Waals surface area contributed by atoms with Crippen molar-refractivity contribution in [2.75, 3.05) is 5.32 Å². The fraction of sp³-hybridized carbons (Fsp3) is 0.375. The number of aryl methyl sites for hydroxylation is 2. The van der Waals surface area contributed by atoms with Gasteiger partial charge in [0.05, 0.1) is 17.7 Å². The zero-order valence-corrected chi connectivity index (χ0v) is 8.88. The minimum absolute atomic E-state index is 0.690. The molecule has 0 aliphatic heterocycles. The number of aromatic nitrogens is 4. The summed E-state index contributed by atoms with van der Waals surface area (Å²) in [6.45, 7) is 2.56. The van der Waals surface area contributed by atoms with Gasteiger partial charge < -0.3 is 5.32 Å². The third kappa shape index (κ3) is 1.90. The summed E-state index contributed by atoms with van der Waals surface area (Å²) in [5.41, 5.74) is 2.84. The van der Waals surface area contributed by atoms with Crippen LogP contribution in [0.25, 0.3) is 0 Å². The molecule has 0 bridgehead atoms. The lowest BCUT2D eigenvalue weighted by Crippen LogP contribution is -2.05. The average Bonchev–Trinajstić information content (AvgIpc) is 2.72. The zero-order chi connectivity index (χ0) is 9.97. The summed E-state index contributed by atoms with van der Waals surface area (Å²) in [6, 6.07) is 0. The van der Waals surface area contributed by atoms with Crippen LogP contribution in [-0.4, -0.2) is 19.7 Å². The number of nitrogens with zero attached hydrogens (tertiary/aromatic N) is 4. The van der Waals surface area contributed by atoms with Crippen LogP contribution in [0.3, 0.4) is 0 Å². The fourth-order valence-corrected chi connectivity index (χ4v) is 1.72. The SMILES string of the molecule is Cc1nc(NCc2cscn2)n(C)n1. The average molecular weight is 209 g/mol. The maximum atomic E-state index is 4.23. The van der Waals surface area contributed by atoms with Crippen LogP contribution in [0.1, 0.15) is 11.5 Å². The van der Waals surface area contributed by atoms with Gasteiger partial charge in [-0.15, -0.1) is 11.3 Å². The molecule has 6 heteroatoms. The van der Waals surface area contributed by atoms with Crippen molar-refractivity contribution in [2.24, 2.45) is 7.05 Å². The van der Waals surface area contributed by atoms with E-state index in [1.165, 1.54) is 0 Å². The van der Waals surface area contributed by atoms with Crippen molar-refractivity contribution >= 4 is 17.3 Å². The molecule has 0 aromatic carbocycles. The van der Waals surface area contributed by atoms with E-state index in [0.29, 0.717) is 6.54 Å². The minimum atomic E-state index is 0.690. The second-order valence-electron chi connectivity index (χ2n) is 2.94. The molecule has 2 aromatic rings. The van der Waals surface area contributed by atoms with Crippen molar-refractivity contribution in [3.63, 3.8) is 0 Å². The van der Waals surface area contributed by atoms with Gasteiger partial charge in [-0.3, -0.25) is 0 Å². The van der Waals surface area contributed by atoms with Gasteiger partial charge in [-0.1, -0.05) is 0 Å². The van der Waals surface area contributed by atoms with E-state index in [0.717, 1.165) is 17.5 Å². The molecule has 2 rings (SSSR count). The maximum absolute atomic E-state index is 4.23. The zero-order valence-electron chi connectivity index (χ0n) is 8.06. The van der Waals surface area contributed by atoms with E-state index in [-0.39, 0.29) is 0 Å². The lowest BCUT2D eigenvalue weighted by Gasteiger charge is -2.01. The predicted octanol–water partition coefficient (Wildman–Crippen LogP) is 1.19. The molecule has 0 spiro atoms. The van der Waals surface area contributed by atoms with Gasteiger partial charge in [0.15, 0.2) is 0 Å². The van der Waals surface area contributed by atoms with Gasteiger partial charge in [-0.2, -0.15) is 10.1 Å². The van der Waals surface area contributed by atoms with E-state index >= 15 is 0 Å². The summed E-state index contributed by atoms with van der Waals surface area (Å²) < 4.78 is 1.72. The molecule has 0 unspecified atom stereocenters. The van der Waals surface area contributed by atoms with Crippen LogP contribution in [0.15, 0.2) is 10.9 Å². The third-order valence-electron chi connectivity index (χ3n) is 1.78. The topological polar surface area (TPSA) is 55.6 Å². The number of nitrogens with one attached hydrogen (secondary N) is 1. The molecule has 74 valence electrons. The molecular formula is C8H11N5S. The summed E-state index contributed by atoms with van der Waals surface area (Å²) >= 11 is 1.59. The molecule has 1 N–H and O–H groups in total. The normalized spacial score (nSPS) is 10.4. The van der Waals surface area contributed by atoms with Crippen molar-refractivity contribution in [2.45, 2.75) is 13.5 Å². The lowest BCUT2D eigenvalue weighted by molar-refractivity contribution is 0.757. The molecule has 5 nitrogen and oxygen atoms in total. The summed E-state index contributed by atoms with van der Waals surface area (Å²) in [6.07, 6.45) is 0. The first-order chi connectivity index (χ1) is 6.75. The predicted molar refractivity (Wildman–Crippen MR) is 55.2 cm³/mol. The Hall–Kier alpha value is -1.43. The first kappa shape index (κ1) is 9.14. The molecule has 2 aromatic heterocycles. The molecule has 0 radical (unpaired) electrons. The molecule has 0 aliphatic carbocycles. The van der Waals surface area contributed by atoms with Gasteiger partial charge in [-0.25, -0.2) is 9.67 Å². The summed E-state index contributed by atoms with van der Waals surface area (Å²) in [7, 11) is 1.86. The van der Waals surface area contributed by atoms with Gasteiger partial charge in [0.1, 0.15) is 5.82 Å². The van der Waals surface area contributed by atoms with Crippen LogP contribution < -0.4 is 5.32 Å². The van der Waals surface area contributed by atoms with Crippen LogP contribution in [0.4, 0.5) is 5.95 Å². The third-order valence-corrected chi connectivity index (χ3v) is 2.42. The second kappa shape index (κ2) is 3.75. The highest BCUT2D eigenvalue weighted by Gasteiger charge is 2.03. The fourth-order valence-electron chi connectivity index (χ4n) is 1.16. The van der Waals surface area contributed by atoms with E-state index < -0.39 is 0 Å². The number of anilines is 1. The van der Waals surface area contributed by atoms with E-state index in [4.69, 9.17) is 0 Å². The molecule has 0 fully saturated rings. The van der Waals surface area contributed by atoms with Crippen molar-refractivity contribution in [3.05, 3.63) is 22.4 Å². The van der Waals surface area contributed by atoms with Gasteiger partial charge >= 0.3 is 0 Å². The van der Waals surface area contributed by atoms with Crippen molar-refractivity contribution in [1.29, 1.82) is 0 Å². The number of hydrogen-bond acceptors (Lipinski definition) is 5. The van der Waals surface area contributed by atoms with Crippen LogP contribution in [-0.2, 0) is 13.6 Å². The Morgan fingerprint density at radius 3 is 3.00 bits per heavy atom. The Bertz CT molecular complexity index is 405. The first-order valence-electron chi connectivity index (χ1n) is 4.24. The van der Waals surface area contributed by atoms with E-state index in [1.54, 1.807) is 16.0 Å². The van der Waals surface area contributed by atoms with Crippen LogP contribution in [0.2, 0.25) is 0 Å². The highest BCUT2D eigenvalue weighted by atomic mass is 32.1. The van der Waals surface area contributed by atoms with Gasteiger partial charge in [0.25, 0.3) is 0 Å². The molecular weight excluding hydrogens is 198 g/mol. The van der Waals surface area contributed by atoms with Crippen molar-refractivity contribution < 1.29 is 0 Å². The van der Waals surface area contributed by atoms with E-state index in [1.807, 2.05) is 24.9 Å². The number of thiazole rings is 1. The molecule has 0 aliphatic rings. The minimum Gasteiger partial charge on any atom is -0.349 e. The van der Waals surface area contributed by atoms with Gasteiger partial charge in [-0.05, 0) is 6.92 Å². The summed E-state index contributed by atoms with van der Waals surface area (Å²) in [4.78, 5) is 8.39. The van der Waals surface area contributed by atoms with Crippen LogP contribution in [0, 0.1) is 6.92 Å². The Balaban J connectivity index is 2.01. The van der Waals surface area contributed by atoms with E-state index in [2.05, 4.69) is 20.4 Å². The van der Waals surface area contributed by atoms with E-state index in [9.17, 15) is 0 Å². The number of rotatable bonds is 3. The van der Waals surface area contributed by atoms with Crippen molar-refractivity contribution in [1.82, 2.24) is 19.7 Å². The number of hydrogen-bond donors (Lipinski definition) is 1. The van der Waals surface area contributed by atoms with Crippen LogP contribution >= 0.6 is 11.3 Å². The lowest BCUT2D eigenvalue weighted by atomic mass is 10.5. The smallest absolute Gasteiger partial charge is 0.221 e. The molecule has 14 heavy (non-hydrogen) atoms. The quantitative estimate of drug-likeness (QED) is 0.825. The molecule has 2 heterocycles. The van der Waals surface area contributed by atoms with Gasteiger partial charge in [0.2, 0.25) is 5.95 Å². The highest BCUT2D eigenvalue weighted by molar-refractivity contribution is 7.07. The Kier molecular flexibility index (Phi) is 2.45. The molecule has 0 saturated carbocycles. The standard InChI is InChI=1S/C8H11N5S/c1-6-11-8(13(2)12-6)9-3-7-4-14-5-10-7/h4-5H,3H2,1-2H3,(H,9,11,12). The first-order valence-corrected chi connectivity index (χ1v) is 5.18. The van der Waals surface area contributed by atoms with Crippen molar-refractivity contribution in [3.8, 4) is 0 Å².